The predicted octanol–water partition coefficient (Wildman–Crippen LogP) is 1.93. The molecule has 0 amide bonds. The van der Waals surface area contributed by atoms with E-state index in [0.29, 0.717) is 4.60 Å². The Balaban J connectivity index is 2.74. The number of aryl methyl sites for hydroxylation is 3. The smallest absolute Gasteiger partial charge is 0.282 e. The first kappa shape index (κ1) is 11.1. The fourth-order valence-corrected chi connectivity index (χ4v) is 2.26. The maximum atomic E-state index is 11.2. The summed E-state index contributed by atoms with van der Waals surface area (Å²) < 4.78 is 6.69. The fourth-order valence-electron chi connectivity index (χ4n) is 1.93. The maximum absolute atomic E-state index is 11.2. The van der Waals surface area contributed by atoms with Crippen molar-refractivity contribution in [2.24, 2.45) is 0 Å². The molecule has 1 heterocycles. The first-order valence-electron chi connectivity index (χ1n) is 4.88. The van der Waals surface area contributed by atoms with Crippen LogP contribution >= 0.6 is 15.9 Å². The number of nitrogens with one attached hydrogen (secondary N) is 1. The van der Waals surface area contributed by atoms with Gasteiger partial charge in [0.15, 0.2) is 0 Å². The Hall–Kier alpha value is -1.36. The summed E-state index contributed by atoms with van der Waals surface area (Å²) in [4.78, 5) is 11.2. The number of aromatic amines is 1. The maximum Gasteiger partial charge on any atom is 0.442 e. The monoisotopic (exact) mass is 283 g/mol. The summed E-state index contributed by atoms with van der Waals surface area (Å²) in [5.41, 5.74) is 3.88. The minimum Gasteiger partial charge on any atom is -0.282 e. The van der Waals surface area contributed by atoms with E-state index in [-0.39, 0.29) is 0 Å². The minimum absolute atomic E-state index is 0.363. The molecule has 0 unspecified atom stereocenters. The molecule has 0 aliphatic rings. The van der Waals surface area contributed by atoms with Gasteiger partial charge in [-0.1, -0.05) is 5.56 Å². The van der Waals surface area contributed by atoms with Gasteiger partial charge in [-0.3, -0.25) is 4.52 Å². The zero-order chi connectivity index (χ0) is 11.9. The van der Waals surface area contributed by atoms with Gasteiger partial charge in [0, 0.05) is 27.1 Å². The van der Waals surface area contributed by atoms with Crippen LogP contribution in [0.15, 0.2) is 26.1 Å². The van der Waals surface area contributed by atoms with E-state index in [2.05, 4.69) is 33.3 Å². The van der Waals surface area contributed by atoms with Crippen LogP contribution in [0.1, 0.15) is 16.7 Å². The van der Waals surface area contributed by atoms with Gasteiger partial charge in [-0.15, -0.1) is 0 Å². The second-order valence-electron chi connectivity index (χ2n) is 3.85. The van der Waals surface area contributed by atoms with Crippen LogP contribution in [-0.2, 0) is 0 Å². The van der Waals surface area contributed by atoms with Crippen LogP contribution in [-0.4, -0.2) is 5.27 Å². The minimum atomic E-state index is -0.417. The number of benzene rings is 1. The molecule has 1 N–H and O–H groups in total. The second kappa shape index (κ2) is 3.90. The molecule has 2 aromatic rings. The third kappa shape index (κ3) is 1.71. The van der Waals surface area contributed by atoms with E-state index in [4.69, 9.17) is 4.52 Å². The standard InChI is InChI=1S/C11H11BrN2O2/c1-6-4-7(2)9(8(3)5-6)14-10(12)11(15)16-13-14/h4-5H,1-3H3/p+1. The average Bonchev–Trinajstić information content (AvgIpc) is 2.48. The number of hydrogen-bond donors (Lipinski definition) is 1. The first-order chi connectivity index (χ1) is 7.50. The highest BCUT2D eigenvalue weighted by molar-refractivity contribution is 9.10. The molecule has 2 rings (SSSR count). The van der Waals surface area contributed by atoms with E-state index in [1.54, 1.807) is 4.68 Å². The second-order valence-corrected chi connectivity index (χ2v) is 4.61. The molecule has 0 aliphatic heterocycles. The molecule has 1 aromatic heterocycles. The van der Waals surface area contributed by atoms with Crippen LogP contribution in [0, 0.1) is 20.8 Å². The number of nitrogens with zero attached hydrogens (tertiary/aromatic N) is 1. The summed E-state index contributed by atoms with van der Waals surface area (Å²) in [6.07, 6.45) is 0. The summed E-state index contributed by atoms with van der Waals surface area (Å²) >= 11 is 3.20. The van der Waals surface area contributed by atoms with Gasteiger partial charge in [0.1, 0.15) is 0 Å². The molecule has 5 heteroatoms. The molecular formula is C11H12BrN2O2+. The van der Waals surface area contributed by atoms with Gasteiger partial charge in [0.2, 0.25) is 5.69 Å². The van der Waals surface area contributed by atoms with Gasteiger partial charge in [0.05, 0.1) is 0 Å². The lowest BCUT2D eigenvalue weighted by Gasteiger charge is -2.02. The quantitative estimate of drug-likeness (QED) is 0.813. The van der Waals surface area contributed by atoms with E-state index in [9.17, 15) is 4.79 Å². The van der Waals surface area contributed by atoms with Crippen molar-refractivity contribution in [3.8, 4) is 5.69 Å². The number of aromatic nitrogens is 2. The van der Waals surface area contributed by atoms with Crippen LogP contribution in [0.25, 0.3) is 5.69 Å². The largest absolute Gasteiger partial charge is 0.442 e. The Bertz CT molecular complexity index is 575. The van der Waals surface area contributed by atoms with Crippen molar-refractivity contribution in [3.05, 3.63) is 43.8 Å². The number of rotatable bonds is 1. The molecule has 0 saturated carbocycles. The van der Waals surface area contributed by atoms with Crippen molar-refractivity contribution in [1.82, 2.24) is 5.27 Å². The Morgan fingerprint density at radius 1 is 1.25 bits per heavy atom. The number of halogens is 1. The van der Waals surface area contributed by atoms with Crippen molar-refractivity contribution in [2.45, 2.75) is 20.8 Å². The highest BCUT2D eigenvalue weighted by atomic mass is 79.9. The summed E-state index contributed by atoms with van der Waals surface area (Å²) in [5, 5.41) is 2.57. The highest BCUT2D eigenvalue weighted by Gasteiger charge is 2.24. The van der Waals surface area contributed by atoms with E-state index >= 15 is 0 Å². The number of hydrogen-bond acceptors (Lipinski definition) is 2. The van der Waals surface area contributed by atoms with Crippen LogP contribution in [0.5, 0.6) is 0 Å². The third-order valence-corrected chi connectivity index (χ3v) is 3.13. The molecule has 0 saturated heterocycles. The van der Waals surface area contributed by atoms with Crippen molar-refractivity contribution in [2.75, 3.05) is 0 Å². The molecule has 4 nitrogen and oxygen atoms in total. The molecule has 84 valence electrons. The summed E-state index contributed by atoms with van der Waals surface area (Å²) in [5.74, 6) is 0. The molecular weight excluding hydrogens is 272 g/mol. The molecule has 0 spiro atoms. The van der Waals surface area contributed by atoms with Gasteiger partial charge < -0.3 is 0 Å². The van der Waals surface area contributed by atoms with Gasteiger partial charge in [-0.05, 0) is 42.9 Å². The first-order valence-corrected chi connectivity index (χ1v) is 5.67. The predicted molar refractivity (Wildman–Crippen MR) is 62.8 cm³/mol. The molecule has 16 heavy (non-hydrogen) atoms. The van der Waals surface area contributed by atoms with E-state index in [1.165, 1.54) is 5.56 Å². The molecule has 0 atom stereocenters. The lowest BCUT2D eigenvalue weighted by Crippen LogP contribution is -2.36. The zero-order valence-corrected chi connectivity index (χ0v) is 10.9. The average molecular weight is 284 g/mol. The van der Waals surface area contributed by atoms with Gasteiger partial charge in [-0.2, -0.15) is 0 Å². The number of H-pyrrole nitrogens is 1. The third-order valence-electron chi connectivity index (χ3n) is 2.45. The van der Waals surface area contributed by atoms with E-state index in [1.807, 2.05) is 20.8 Å². The Labute approximate surface area is 101 Å². The SMILES string of the molecule is Cc1cc(C)c(-[n+]2[nH]oc(=O)c2Br)c(C)c1. The topological polar surface area (TPSA) is 49.9 Å². The zero-order valence-electron chi connectivity index (χ0n) is 9.30. The van der Waals surface area contributed by atoms with Crippen LogP contribution in [0.2, 0.25) is 0 Å². The molecule has 1 aromatic carbocycles. The van der Waals surface area contributed by atoms with E-state index in [0.717, 1.165) is 16.8 Å². The molecule has 0 radical (unpaired) electrons. The van der Waals surface area contributed by atoms with Crippen molar-refractivity contribution in [1.29, 1.82) is 0 Å². The Kier molecular flexibility index (Phi) is 2.71. The van der Waals surface area contributed by atoms with Crippen LogP contribution in [0.3, 0.4) is 0 Å². The Morgan fingerprint density at radius 2 is 1.81 bits per heavy atom. The van der Waals surface area contributed by atoms with Crippen LogP contribution in [0.4, 0.5) is 0 Å². The lowest BCUT2D eigenvalue weighted by molar-refractivity contribution is -0.681. The summed E-state index contributed by atoms with van der Waals surface area (Å²) in [6.45, 7) is 6.04. The molecule has 0 bridgehead atoms. The highest BCUT2D eigenvalue weighted by Crippen LogP contribution is 2.16. The normalized spacial score (nSPS) is 10.8. The van der Waals surface area contributed by atoms with E-state index < -0.39 is 5.63 Å². The van der Waals surface area contributed by atoms with Gasteiger partial charge >= 0.3 is 10.2 Å². The summed E-state index contributed by atoms with van der Waals surface area (Å²) in [7, 11) is 0. The van der Waals surface area contributed by atoms with Crippen molar-refractivity contribution >= 4 is 15.9 Å². The van der Waals surface area contributed by atoms with Gasteiger partial charge in [-0.25, -0.2) is 4.79 Å². The summed E-state index contributed by atoms with van der Waals surface area (Å²) in [6, 6.07) is 4.13. The lowest BCUT2D eigenvalue weighted by atomic mass is 10.1. The van der Waals surface area contributed by atoms with Crippen molar-refractivity contribution in [3.63, 3.8) is 0 Å². The molecule has 0 aliphatic carbocycles. The van der Waals surface area contributed by atoms with Crippen LogP contribution < -0.4 is 10.3 Å². The molecule has 0 fully saturated rings. The van der Waals surface area contributed by atoms with Crippen molar-refractivity contribution < 1.29 is 9.20 Å². The Morgan fingerprint density at radius 3 is 2.25 bits per heavy atom. The van der Waals surface area contributed by atoms with Gasteiger partial charge in [0.25, 0.3) is 0 Å². The fraction of sp³-hybridized carbons (Fsp3) is 0.273.